The van der Waals surface area contributed by atoms with Gasteiger partial charge in [-0.25, -0.2) is 0 Å². The number of nitrogens with zero attached hydrogens (tertiary/aromatic N) is 1. The van der Waals surface area contributed by atoms with E-state index in [1.807, 2.05) is 21.1 Å². The van der Waals surface area contributed by atoms with E-state index in [1.54, 1.807) is 0 Å². The number of aliphatic hydroxyl groups is 1. The Morgan fingerprint density at radius 2 is 0.786 bits per heavy atom. The molecule has 0 aromatic heterocycles. The lowest BCUT2D eigenvalue weighted by Crippen LogP contribution is -2.46. The van der Waals surface area contributed by atoms with Gasteiger partial charge in [0, 0.05) is 6.42 Å². The van der Waals surface area contributed by atoms with Crippen molar-refractivity contribution in [3.8, 4) is 0 Å². The molecule has 0 aromatic rings. The second kappa shape index (κ2) is 53.1. The molecule has 0 saturated carbocycles. The van der Waals surface area contributed by atoms with Crippen LogP contribution in [-0.4, -0.2) is 68.5 Å². The molecule has 0 aliphatic carbocycles. The molecule has 9 heteroatoms. The molecule has 0 aliphatic rings. The number of carbonyl (C=O) groups excluding carboxylic acids is 1. The summed E-state index contributed by atoms with van der Waals surface area (Å²) in [7, 11) is 1.32. The third kappa shape index (κ3) is 55.0. The molecule has 0 rings (SSSR count). The maximum atomic E-state index is 13.0. The maximum Gasteiger partial charge on any atom is 0.268 e. The number of amides is 1. The predicted molar refractivity (Wildman–Crippen MR) is 302 cm³/mol. The molecular formula is C61H123N2O6P. The van der Waals surface area contributed by atoms with Gasteiger partial charge in [0.05, 0.1) is 39.9 Å². The lowest BCUT2D eigenvalue weighted by atomic mass is 10.0. The Balaban J connectivity index is 4.06. The van der Waals surface area contributed by atoms with E-state index in [4.69, 9.17) is 9.05 Å². The van der Waals surface area contributed by atoms with E-state index in [2.05, 4.69) is 31.3 Å². The van der Waals surface area contributed by atoms with Crippen LogP contribution in [0, 0.1) is 0 Å². The third-order valence-corrected chi connectivity index (χ3v) is 15.5. The smallest absolute Gasteiger partial charge is 0.268 e. The number of hydrogen-bond acceptors (Lipinski definition) is 6. The normalized spacial score (nSPS) is 13.9. The van der Waals surface area contributed by atoms with Crippen molar-refractivity contribution in [1.29, 1.82) is 0 Å². The molecule has 3 unspecified atom stereocenters. The highest BCUT2D eigenvalue weighted by molar-refractivity contribution is 7.45. The van der Waals surface area contributed by atoms with Crippen molar-refractivity contribution < 1.29 is 32.9 Å². The average Bonchev–Trinajstić information content (AvgIpc) is 3.32. The highest BCUT2D eigenvalue weighted by Crippen LogP contribution is 2.38. The van der Waals surface area contributed by atoms with Crippen molar-refractivity contribution >= 4 is 13.7 Å². The van der Waals surface area contributed by atoms with Gasteiger partial charge in [-0.15, -0.1) is 0 Å². The first-order chi connectivity index (χ1) is 34.0. The summed E-state index contributed by atoms with van der Waals surface area (Å²) in [6.07, 6.45) is 65.4. The molecule has 0 fully saturated rings. The van der Waals surface area contributed by atoms with Gasteiger partial charge in [-0.05, 0) is 38.5 Å². The minimum absolute atomic E-state index is 0.0151. The zero-order valence-electron chi connectivity index (χ0n) is 47.8. The van der Waals surface area contributed by atoms with Crippen LogP contribution in [0.25, 0.3) is 0 Å². The van der Waals surface area contributed by atoms with Crippen LogP contribution in [0.15, 0.2) is 12.2 Å². The van der Waals surface area contributed by atoms with Gasteiger partial charge >= 0.3 is 0 Å². The summed E-state index contributed by atoms with van der Waals surface area (Å²) in [5.41, 5.74) is 0. The molecule has 3 atom stereocenters. The predicted octanol–water partition coefficient (Wildman–Crippen LogP) is 18.4. The summed E-state index contributed by atoms with van der Waals surface area (Å²) in [4.78, 5) is 25.6. The van der Waals surface area contributed by atoms with Gasteiger partial charge in [0.15, 0.2) is 0 Å². The zero-order chi connectivity index (χ0) is 51.3. The molecule has 0 aliphatic heterocycles. The minimum Gasteiger partial charge on any atom is -0.756 e. The zero-order valence-corrected chi connectivity index (χ0v) is 48.6. The minimum atomic E-state index is -4.57. The van der Waals surface area contributed by atoms with Crippen LogP contribution in [0.2, 0.25) is 0 Å². The van der Waals surface area contributed by atoms with Crippen molar-refractivity contribution in [1.82, 2.24) is 5.32 Å². The second-order valence-electron chi connectivity index (χ2n) is 22.8. The topological polar surface area (TPSA) is 108 Å². The highest BCUT2D eigenvalue weighted by atomic mass is 31.2. The number of phosphoric ester groups is 1. The third-order valence-electron chi connectivity index (χ3n) is 14.5. The lowest BCUT2D eigenvalue weighted by Gasteiger charge is -2.30. The summed E-state index contributed by atoms with van der Waals surface area (Å²) >= 11 is 0. The van der Waals surface area contributed by atoms with E-state index >= 15 is 0 Å². The number of hydrogen-bond donors (Lipinski definition) is 2. The van der Waals surface area contributed by atoms with Gasteiger partial charge in [0.2, 0.25) is 5.91 Å². The SMILES string of the molecule is CCCCCCCCCCCCCC/C=C\CCCCCCCCCCCCCCCC(=O)NC(COP(=O)([O-])OCC[N+](C)(C)C)C(O)CCCCCCCCCCCCCCCCCCCCC. The van der Waals surface area contributed by atoms with Gasteiger partial charge in [-0.3, -0.25) is 9.36 Å². The van der Waals surface area contributed by atoms with Gasteiger partial charge < -0.3 is 28.8 Å². The number of phosphoric acid groups is 1. The first-order valence-corrected chi connectivity index (χ1v) is 32.5. The number of rotatable bonds is 58. The standard InChI is InChI=1S/C61H123N2O6P/c1-6-8-10-12-14-16-18-20-22-24-26-27-28-29-30-31-32-33-34-35-37-39-41-43-45-47-49-51-53-55-61(65)62-59(58-69-70(66,67)68-57-56-63(3,4)5)60(64)54-52-50-48-46-44-42-40-38-36-25-23-21-19-17-15-13-11-9-7-2/h29-30,59-60,64H,6-28,31-58H2,1-5H3,(H-,62,65,66,67)/b30-29-. The van der Waals surface area contributed by atoms with E-state index in [-0.39, 0.29) is 19.1 Å². The number of allylic oxidation sites excluding steroid dienone is 2. The Morgan fingerprint density at radius 3 is 1.11 bits per heavy atom. The van der Waals surface area contributed by atoms with Crippen molar-refractivity contribution in [2.24, 2.45) is 0 Å². The molecular weight excluding hydrogens is 888 g/mol. The molecule has 0 spiro atoms. The van der Waals surface area contributed by atoms with Gasteiger partial charge in [-0.1, -0.05) is 289 Å². The fourth-order valence-electron chi connectivity index (χ4n) is 9.63. The Hall–Kier alpha value is -0.760. The quantitative estimate of drug-likeness (QED) is 0.0272. The number of unbranched alkanes of at least 4 members (excludes halogenated alkanes) is 43. The van der Waals surface area contributed by atoms with Crippen LogP contribution in [-0.2, 0) is 18.4 Å². The van der Waals surface area contributed by atoms with E-state index in [1.165, 1.54) is 257 Å². The first-order valence-electron chi connectivity index (χ1n) is 31.0. The van der Waals surface area contributed by atoms with Crippen molar-refractivity contribution in [2.45, 2.75) is 334 Å². The monoisotopic (exact) mass is 1010 g/mol. The van der Waals surface area contributed by atoms with E-state index < -0.39 is 20.0 Å². The molecule has 1 amide bonds. The summed E-state index contributed by atoms with van der Waals surface area (Å²) < 4.78 is 23.5. The molecule has 0 radical (unpaired) electrons. The second-order valence-corrected chi connectivity index (χ2v) is 24.2. The summed E-state index contributed by atoms with van der Waals surface area (Å²) in [6, 6.07) is -0.798. The molecule has 8 nitrogen and oxygen atoms in total. The number of likely N-dealkylation sites (N-methyl/N-ethyl adjacent to an activating group) is 1. The van der Waals surface area contributed by atoms with E-state index in [0.29, 0.717) is 23.9 Å². The van der Waals surface area contributed by atoms with Gasteiger partial charge in [-0.2, -0.15) is 0 Å². The van der Waals surface area contributed by atoms with Crippen LogP contribution >= 0.6 is 7.82 Å². The van der Waals surface area contributed by atoms with Crippen LogP contribution in [0.5, 0.6) is 0 Å². The number of carbonyl (C=O) groups is 1. The molecule has 0 bridgehead atoms. The van der Waals surface area contributed by atoms with E-state index in [0.717, 1.165) is 38.5 Å². The molecule has 2 N–H and O–H groups in total. The van der Waals surface area contributed by atoms with Crippen LogP contribution in [0.4, 0.5) is 0 Å². The first kappa shape index (κ1) is 69.2. The van der Waals surface area contributed by atoms with Crippen molar-refractivity contribution in [3.63, 3.8) is 0 Å². The molecule has 418 valence electrons. The van der Waals surface area contributed by atoms with Crippen LogP contribution in [0.1, 0.15) is 322 Å². The Bertz CT molecular complexity index is 1150. The molecule has 0 saturated heterocycles. The van der Waals surface area contributed by atoms with Gasteiger partial charge in [0.25, 0.3) is 7.82 Å². The number of quaternary nitrogens is 1. The Labute approximate surface area is 437 Å². The summed E-state index contributed by atoms with van der Waals surface area (Å²) in [5.74, 6) is -0.158. The summed E-state index contributed by atoms with van der Waals surface area (Å²) in [6.45, 7) is 4.78. The van der Waals surface area contributed by atoms with Crippen molar-refractivity contribution in [3.05, 3.63) is 12.2 Å². The fourth-order valence-corrected chi connectivity index (χ4v) is 10.4. The Morgan fingerprint density at radius 1 is 0.486 bits per heavy atom. The summed E-state index contributed by atoms with van der Waals surface area (Å²) in [5, 5.41) is 14.0. The molecule has 0 heterocycles. The van der Waals surface area contributed by atoms with Crippen molar-refractivity contribution in [2.75, 3.05) is 40.9 Å². The van der Waals surface area contributed by atoms with E-state index in [9.17, 15) is 19.4 Å². The lowest BCUT2D eigenvalue weighted by molar-refractivity contribution is -0.870. The van der Waals surface area contributed by atoms with Crippen LogP contribution in [0.3, 0.4) is 0 Å². The fraction of sp³-hybridized carbons (Fsp3) is 0.951. The largest absolute Gasteiger partial charge is 0.756 e. The molecule has 0 aromatic carbocycles. The average molecular weight is 1010 g/mol. The van der Waals surface area contributed by atoms with Gasteiger partial charge in [0.1, 0.15) is 13.2 Å². The maximum absolute atomic E-state index is 13.0. The number of aliphatic hydroxyl groups excluding tert-OH is 1. The number of nitrogens with one attached hydrogen (secondary N) is 1. The van der Waals surface area contributed by atoms with Crippen LogP contribution < -0.4 is 10.2 Å². The molecule has 70 heavy (non-hydrogen) atoms. The highest BCUT2D eigenvalue weighted by Gasteiger charge is 2.24. The Kier molecular flexibility index (Phi) is 52.5.